The van der Waals surface area contributed by atoms with Crippen LogP contribution in [0.2, 0.25) is 0 Å². The Morgan fingerprint density at radius 2 is 1.77 bits per heavy atom. The largest absolute Gasteiger partial charge is 0.415 e. The fraction of sp³-hybridized carbons (Fsp3) is 0.211. The van der Waals surface area contributed by atoms with Crippen molar-refractivity contribution >= 4 is 22.9 Å². The van der Waals surface area contributed by atoms with Crippen molar-refractivity contribution in [3.05, 3.63) is 60.6 Å². The van der Waals surface area contributed by atoms with Gasteiger partial charge < -0.3 is 19.5 Å². The second-order valence-electron chi connectivity index (χ2n) is 6.11. The van der Waals surface area contributed by atoms with Crippen LogP contribution in [0.25, 0.3) is 10.9 Å². The number of carbonyl (C=O) groups excluding carboxylic acids is 2. The number of piperazine rings is 1. The lowest BCUT2D eigenvalue weighted by Gasteiger charge is -2.33. The number of fused-ring (bicyclic) bond motifs is 1. The summed E-state index contributed by atoms with van der Waals surface area (Å²) in [6.45, 7) is 1.81. The molecule has 1 aliphatic rings. The van der Waals surface area contributed by atoms with Gasteiger partial charge >= 0.3 is 6.09 Å². The first-order chi connectivity index (χ1) is 12.7. The molecule has 0 atom stereocenters. The third-order valence-electron chi connectivity index (χ3n) is 4.43. The van der Waals surface area contributed by atoms with Crippen LogP contribution >= 0.6 is 0 Å². The highest BCUT2D eigenvalue weighted by Gasteiger charge is 2.26. The number of nitrogens with zero attached hydrogens (tertiary/aromatic N) is 3. The summed E-state index contributed by atoms with van der Waals surface area (Å²) in [6.07, 6.45) is 2.69. The van der Waals surface area contributed by atoms with Crippen molar-refractivity contribution in [2.45, 2.75) is 0 Å². The SMILES string of the molecule is O=C(Oc1cccnc1)N1CCN(C(=O)c2cc3ccccc3[nH]2)CC1. The molecule has 1 aromatic carbocycles. The Morgan fingerprint density at radius 3 is 2.50 bits per heavy atom. The average molecular weight is 350 g/mol. The maximum atomic E-state index is 12.7. The Morgan fingerprint density at radius 1 is 1.00 bits per heavy atom. The normalized spacial score (nSPS) is 14.5. The second-order valence-corrected chi connectivity index (χ2v) is 6.11. The van der Waals surface area contributed by atoms with Gasteiger partial charge in [0.15, 0.2) is 5.75 Å². The number of benzene rings is 1. The first-order valence-corrected chi connectivity index (χ1v) is 8.44. The van der Waals surface area contributed by atoms with Gasteiger partial charge in [-0.05, 0) is 24.3 Å². The smallest absolute Gasteiger partial charge is 0.409 e. The zero-order valence-corrected chi connectivity index (χ0v) is 14.1. The zero-order valence-electron chi connectivity index (χ0n) is 14.1. The minimum Gasteiger partial charge on any atom is -0.409 e. The first-order valence-electron chi connectivity index (χ1n) is 8.44. The van der Waals surface area contributed by atoms with Crippen molar-refractivity contribution in [1.82, 2.24) is 19.8 Å². The summed E-state index contributed by atoms with van der Waals surface area (Å²) < 4.78 is 5.29. The number of rotatable bonds is 2. The van der Waals surface area contributed by atoms with E-state index in [1.54, 1.807) is 28.1 Å². The highest BCUT2D eigenvalue weighted by atomic mass is 16.6. The van der Waals surface area contributed by atoms with Crippen LogP contribution in [0.4, 0.5) is 4.79 Å². The molecule has 0 unspecified atom stereocenters. The average Bonchev–Trinajstić information content (AvgIpc) is 3.12. The van der Waals surface area contributed by atoms with Crippen molar-refractivity contribution in [2.24, 2.45) is 0 Å². The third kappa shape index (κ3) is 3.23. The molecule has 2 aromatic heterocycles. The predicted molar refractivity (Wildman–Crippen MR) is 96.0 cm³/mol. The topological polar surface area (TPSA) is 78.5 Å². The molecule has 1 saturated heterocycles. The molecule has 1 aliphatic heterocycles. The number of amides is 2. The van der Waals surface area contributed by atoms with Gasteiger partial charge in [0.25, 0.3) is 5.91 Å². The van der Waals surface area contributed by atoms with E-state index in [-0.39, 0.29) is 5.91 Å². The Hall–Kier alpha value is -3.35. The molecule has 1 N–H and O–H groups in total. The molecule has 0 spiro atoms. The number of carbonyl (C=O) groups is 2. The Labute approximate surface area is 150 Å². The minimum atomic E-state index is -0.421. The summed E-state index contributed by atoms with van der Waals surface area (Å²) in [5.74, 6) is 0.357. The van der Waals surface area contributed by atoms with Gasteiger partial charge in [0.2, 0.25) is 0 Å². The summed E-state index contributed by atoms with van der Waals surface area (Å²) in [6, 6.07) is 13.0. The molecule has 4 rings (SSSR count). The zero-order chi connectivity index (χ0) is 17.9. The molecule has 0 saturated carbocycles. The number of para-hydroxylation sites is 1. The predicted octanol–water partition coefficient (Wildman–Crippen LogP) is 2.52. The Kier molecular flexibility index (Phi) is 4.27. The van der Waals surface area contributed by atoms with Gasteiger partial charge in [-0.3, -0.25) is 9.78 Å². The van der Waals surface area contributed by atoms with Crippen LogP contribution < -0.4 is 4.74 Å². The molecule has 7 nitrogen and oxygen atoms in total. The molecule has 26 heavy (non-hydrogen) atoms. The molecule has 0 radical (unpaired) electrons. The van der Waals surface area contributed by atoms with Crippen molar-refractivity contribution in [1.29, 1.82) is 0 Å². The molecule has 0 bridgehead atoms. The molecular weight excluding hydrogens is 332 g/mol. The van der Waals surface area contributed by atoms with Crippen molar-refractivity contribution in [3.8, 4) is 5.75 Å². The van der Waals surface area contributed by atoms with E-state index in [1.807, 2.05) is 30.3 Å². The van der Waals surface area contributed by atoms with Crippen LogP contribution in [-0.2, 0) is 0 Å². The highest BCUT2D eigenvalue weighted by Crippen LogP contribution is 2.17. The van der Waals surface area contributed by atoms with Crippen LogP contribution in [0.1, 0.15) is 10.5 Å². The number of H-pyrrole nitrogens is 1. The molecule has 0 aliphatic carbocycles. The summed E-state index contributed by atoms with van der Waals surface area (Å²) in [4.78, 5) is 35.3. The van der Waals surface area contributed by atoms with Gasteiger partial charge in [0.05, 0.1) is 6.20 Å². The van der Waals surface area contributed by atoms with Gasteiger partial charge in [0.1, 0.15) is 5.69 Å². The van der Waals surface area contributed by atoms with Crippen molar-refractivity contribution in [2.75, 3.05) is 26.2 Å². The lowest BCUT2D eigenvalue weighted by molar-refractivity contribution is 0.0629. The van der Waals surface area contributed by atoms with E-state index in [9.17, 15) is 9.59 Å². The Bertz CT molecular complexity index is 897. The van der Waals surface area contributed by atoms with Crippen LogP contribution in [0.5, 0.6) is 5.75 Å². The van der Waals surface area contributed by atoms with Crippen LogP contribution in [-0.4, -0.2) is 57.9 Å². The monoisotopic (exact) mass is 350 g/mol. The van der Waals surface area contributed by atoms with Gasteiger partial charge in [-0.25, -0.2) is 4.79 Å². The van der Waals surface area contributed by atoms with Gasteiger partial charge in [0, 0.05) is 43.3 Å². The fourth-order valence-corrected chi connectivity index (χ4v) is 3.02. The summed E-state index contributed by atoms with van der Waals surface area (Å²) in [5, 5.41) is 1.01. The number of pyridine rings is 1. The molecule has 7 heteroatoms. The number of aromatic nitrogens is 2. The van der Waals surface area contributed by atoms with Crippen LogP contribution in [0, 0.1) is 0 Å². The number of hydrogen-bond acceptors (Lipinski definition) is 4. The van der Waals surface area contributed by atoms with Crippen LogP contribution in [0.3, 0.4) is 0 Å². The summed E-state index contributed by atoms with van der Waals surface area (Å²) in [5.41, 5.74) is 1.51. The lowest BCUT2D eigenvalue weighted by Crippen LogP contribution is -2.51. The van der Waals surface area contributed by atoms with Gasteiger partial charge in [-0.1, -0.05) is 18.2 Å². The fourth-order valence-electron chi connectivity index (χ4n) is 3.02. The van der Waals surface area contributed by atoms with E-state index < -0.39 is 6.09 Å². The molecule has 2 amide bonds. The van der Waals surface area contributed by atoms with E-state index in [4.69, 9.17) is 4.74 Å². The standard InChI is InChI=1S/C19H18N4O3/c24-18(17-12-14-4-1-2-6-16(14)21-17)22-8-10-23(11-9-22)19(25)26-15-5-3-7-20-13-15/h1-7,12-13,21H,8-11H2. The van der Waals surface area contributed by atoms with E-state index in [0.717, 1.165) is 10.9 Å². The van der Waals surface area contributed by atoms with Crippen LogP contribution in [0.15, 0.2) is 54.9 Å². The summed E-state index contributed by atoms with van der Waals surface area (Å²) in [7, 11) is 0. The maximum absolute atomic E-state index is 12.7. The highest BCUT2D eigenvalue weighted by molar-refractivity contribution is 5.98. The van der Waals surface area contributed by atoms with Gasteiger partial charge in [-0.2, -0.15) is 0 Å². The van der Waals surface area contributed by atoms with E-state index in [2.05, 4.69) is 9.97 Å². The molecule has 3 aromatic rings. The Balaban J connectivity index is 1.37. The van der Waals surface area contributed by atoms with Crippen molar-refractivity contribution in [3.63, 3.8) is 0 Å². The third-order valence-corrected chi connectivity index (χ3v) is 4.43. The van der Waals surface area contributed by atoms with E-state index in [0.29, 0.717) is 37.6 Å². The minimum absolute atomic E-state index is 0.0542. The number of nitrogens with one attached hydrogen (secondary N) is 1. The maximum Gasteiger partial charge on any atom is 0.415 e. The quantitative estimate of drug-likeness (QED) is 0.770. The van der Waals surface area contributed by atoms with Gasteiger partial charge in [-0.15, -0.1) is 0 Å². The number of aromatic amines is 1. The second kappa shape index (κ2) is 6.87. The molecule has 132 valence electrons. The lowest BCUT2D eigenvalue weighted by atomic mass is 10.2. The van der Waals surface area contributed by atoms with E-state index in [1.165, 1.54) is 6.20 Å². The molecule has 3 heterocycles. The number of ether oxygens (including phenoxy) is 1. The number of hydrogen-bond donors (Lipinski definition) is 1. The van der Waals surface area contributed by atoms with Crippen molar-refractivity contribution < 1.29 is 14.3 Å². The molecular formula is C19H18N4O3. The summed E-state index contributed by atoms with van der Waals surface area (Å²) >= 11 is 0. The molecule has 1 fully saturated rings. The van der Waals surface area contributed by atoms with E-state index >= 15 is 0 Å². The first kappa shape index (κ1) is 16.1.